The minimum absolute atomic E-state index is 0.00449. The van der Waals surface area contributed by atoms with E-state index >= 15 is 0 Å². The van der Waals surface area contributed by atoms with Crippen LogP contribution < -0.4 is 5.73 Å². The van der Waals surface area contributed by atoms with Crippen molar-refractivity contribution in [2.75, 3.05) is 5.73 Å². The van der Waals surface area contributed by atoms with E-state index in [9.17, 15) is 4.79 Å². The molecule has 4 heteroatoms. The van der Waals surface area contributed by atoms with Crippen molar-refractivity contribution in [1.29, 1.82) is 0 Å². The molecule has 2 aromatic rings. The highest BCUT2D eigenvalue weighted by Gasteiger charge is 2.13. The van der Waals surface area contributed by atoms with Gasteiger partial charge in [0.1, 0.15) is 5.82 Å². The molecule has 0 radical (unpaired) electrons. The maximum Gasteiger partial charge on any atom is 0.172 e. The smallest absolute Gasteiger partial charge is 0.172 e. The Labute approximate surface area is 106 Å². The molecule has 18 heavy (non-hydrogen) atoms. The van der Waals surface area contributed by atoms with Crippen LogP contribution in [-0.2, 0) is 19.9 Å². The molecule has 0 amide bonds. The van der Waals surface area contributed by atoms with Crippen molar-refractivity contribution >= 4 is 11.6 Å². The fourth-order valence-corrected chi connectivity index (χ4v) is 1.84. The van der Waals surface area contributed by atoms with E-state index in [-0.39, 0.29) is 5.78 Å². The van der Waals surface area contributed by atoms with Crippen LogP contribution in [0.5, 0.6) is 0 Å². The third-order valence-corrected chi connectivity index (χ3v) is 3.08. The lowest BCUT2D eigenvalue weighted by molar-refractivity contribution is 0.0994. The van der Waals surface area contributed by atoms with Crippen molar-refractivity contribution in [1.82, 2.24) is 9.78 Å². The summed E-state index contributed by atoms with van der Waals surface area (Å²) in [6.45, 7) is 2.11. The van der Waals surface area contributed by atoms with Gasteiger partial charge in [0.2, 0.25) is 0 Å². The predicted octanol–water partition coefficient (Wildman–Crippen LogP) is 1.99. The summed E-state index contributed by atoms with van der Waals surface area (Å²) < 4.78 is 1.51. The molecule has 0 saturated heterocycles. The van der Waals surface area contributed by atoms with Crippen LogP contribution in [-0.4, -0.2) is 15.6 Å². The van der Waals surface area contributed by atoms with Crippen LogP contribution in [0.25, 0.3) is 0 Å². The Bertz CT molecular complexity index is 555. The van der Waals surface area contributed by atoms with Crippen molar-refractivity contribution < 1.29 is 4.79 Å². The highest BCUT2D eigenvalue weighted by molar-refractivity contribution is 6.01. The van der Waals surface area contributed by atoms with Crippen LogP contribution in [0.1, 0.15) is 28.4 Å². The average molecular weight is 243 g/mol. The SMILES string of the molecule is CCc1ccc(CC(=O)c2cnn(C)c2N)cc1. The lowest BCUT2D eigenvalue weighted by Gasteiger charge is -2.02. The number of aromatic nitrogens is 2. The number of Topliss-reactive ketones (excluding diaryl/α,β-unsaturated/α-hetero) is 1. The van der Waals surface area contributed by atoms with Gasteiger partial charge in [-0.15, -0.1) is 0 Å². The molecule has 0 aliphatic heterocycles. The van der Waals surface area contributed by atoms with Crippen LogP contribution in [0.2, 0.25) is 0 Å². The summed E-state index contributed by atoms with van der Waals surface area (Å²) in [5, 5.41) is 3.98. The fraction of sp³-hybridized carbons (Fsp3) is 0.286. The van der Waals surface area contributed by atoms with Gasteiger partial charge in [0.25, 0.3) is 0 Å². The molecule has 0 aliphatic rings. The molecule has 94 valence electrons. The van der Waals surface area contributed by atoms with Crippen molar-refractivity contribution in [2.24, 2.45) is 7.05 Å². The minimum atomic E-state index is 0.00449. The fourth-order valence-electron chi connectivity index (χ4n) is 1.84. The molecule has 0 aliphatic carbocycles. The molecule has 1 aromatic carbocycles. The molecule has 4 nitrogen and oxygen atoms in total. The standard InChI is InChI=1S/C14H17N3O/c1-3-10-4-6-11(7-5-10)8-13(18)12-9-16-17(2)14(12)15/h4-7,9H,3,8,15H2,1-2H3. The largest absolute Gasteiger partial charge is 0.383 e. The Morgan fingerprint density at radius 3 is 2.39 bits per heavy atom. The van der Waals surface area contributed by atoms with Gasteiger partial charge in [0, 0.05) is 13.5 Å². The molecule has 0 unspecified atom stereocenters. The number of carbonyl (C=O) groups is 1. The van der Waals surface area contributed by atoms with Gasteiger partial charge in [-0.05, 0) is 17.5 Å². The highest BCUT2D eigenvalue weighted by Crippen LogP contribution is 2.14. The summed E-state index contributed by atoms with van der Waals surface area (Å²) in [5.41, 5.74) is 8.55. The summed E-state index contributed by atoms with van der Waals surface area (Å²) in [6, 6.07) is 8.08. The van der Waals surface area contributed by atoms with Crippen LogP contribution in [0.4, 0.5) is 5.82 Å². The molecule has 0 bridgehead atoms. The number of hydrogen-bond acceptors (Lipinski definition) is 3. The Balaban J connectivity index is 2.13. The van der Waals surface area contributed by atoms with Crippen molar-refractivity contribution in [3.63, 3.8) is 0 Å². The third-order valence-electron chi connectivity index (χ3n) is 3.08. The summed E-state index contributed by atoms with van der Waals surface area (Å²) in [6.07, 6.45) is 2.89. The number of carbonyl (C=O) groups excluding carboxylic acids is 1. The van der Waals surface area contributed by atoms with Crippen LogP contribution in [0, 0.1) is 0 Å². The number of hydrogen-bond donors (Lipinski definition) is 1. The molecule has 1 aromatic heterocycles. The molecule has 0 fully saturated rings. The maximum atomic E-state index is 12.1. The molecule has 2 N–H and O–H groups in total. The van der Waals surface area contributed by atoms with E-state index in [0.717, 1.165) is 12.0 Å². The lowest BCUT2D eigenvalue weighted by atomic mass is 10.0. The number of aryl methyl sites for hydroxylation is 2. The van der Waals surface area contributed by atoms with Gasteiger partial charge in [-0.3, -0.25) is 9.48 Å². The number of nitrogens with two attached hydrogens (primary N) is 1. The number of rotatable bonds is 4. The first-order chi connectivity index (χ1) is 8.61. The second-order valence-corrected chi connectivity index (χ2v) is 4.34. The zero-order chi connectivity index (χ0) is 13.1. The van der Waals surface area contributed by atoms with Crippen molar-refractivity contribution in [2.45, 2.75) is 19.8 Å². The van der Waals surface area contributed by atoms with Crippen LogP contribution >= 0.6 is 0 Å². The monoisotopic (exact) mass is 243 g/mol. The zero-order valence-electron chi connectivity index (χ0n) is 10.7. The van der Waals surface area contributed by atoms with Gasteiger partial charge in [-0.2, -0.15) is 5.10 Å². The zero-order valence-corrected chi connectivity index (χ0v) is 10.7. The molecule has 0 saturated carbocycles. The number of nitrogens with zero attached hydrogens (tertiary/aromatic N) is 2. The van der Waals surface area contributed by atoms with E-state index in [1.165, 1.54) is 16.4 Å². The molecule has 0 spiro atoms. The van der Waals surface area contributed by atoms with Gasteiger partial charge in [0.05, 0.1) is 11.8 Å². The predicted molar refractivity (Wildman–Crippen MR) is 71.5 cm³/mol. The molecule has 1 heterocycles. The van der Waals surface area contributed by atoms with E-state index in [1.807, 2.05) is 12.1 Å². The quantitative estimate of drug-likeness (QED) is 0.835. The molecule has 2 rings (SSSR count). The second kappa shape index (κ2) is 5.04. The Morgan fingerprint density at radius 1 is 1.28 bits per heavy atom. The topological polar surface area (TPSA) is 60.9 Å². The van der Waals surface area contributed by atoms with Crippen LogP contribution in [0.15, 0.2) is 30.5 Å². The summed E-state index contributed by atoms with van der Waals surface area (Å²) >= 11 is 0. The van der Waals surface area contributed by atoms with E-state index in [4.69, 9.17) is 5.73 Å². The molecule has 0 atom stereocenters. The van der Waals surface area contributed by atoms with E-state index in [0.29, 0.717) is 17.8 Å². The van der Waals surface area contributed by atoms with Gasteiger partial charge in [0.15, 0.2) is 5.78 Å². The highest BCUT2D eigenvalue weighted by atomic mass is 16.1. The van der Waals surface area contributed by atoms with Crippen LogP contribution in [0.3, 0.4) is 0 Å². The normalized spacial score (nSPS) is 10.6. The molecular weight excluding hydrogens is 226 g/mol. The van der Waals surface area contributed by atoms with E-state index < -0.39 is 0 Å². The first-order valence-corrected chi connectivity index (χ1v) is 6.00. The van der Waals surface area contributed by atoms with Gasteiger partial charge in [-0.1, -0.05) is 31.2 Å². The summed E-state index contributed by atoms with van der Waals surface area (Å²) in [7, 11) is 1.72. The minimum Gasteiger partial charge on any atom is -0.383 e. The number of ketones is 1. The number of benzene rings is 1. The van der Waals surface area contributed by atoms with E-state index in [1.54, 1.807) is 7.05 Å². The molecular formula is C14H17N3O. The van der Waals surface area contributed by atoms with Gasteiger partial charge >= 0.3 is 0 Å². The maximum absolute atomic E-state index is 12.1. The first kappa shape index (κ1) is 12.4. The Hall–Kier alpha value is -2.10. The van der Waals surface area contributed by atoms with Gasteiger partial charge < -0.3 is 5.73 Å². The Kier molecular flexibility index (Phi) is 3.46. The number of nitrogen functional groups attached to an aromatic ring is 1. The van der Waals surface area contributed by atoms with Crippen molar-refractivity contribution in [3.05, 3.63) is 47.2 Å². The Morgan fingerprint density at radius 2 is 1.89 bits per heavy atom. The second-order valence-electron chi connectivity index (χ2n) is 4.34. The summed E-state index contributed by atoms with van der Waals surface area (Å²) in [4.78, 5) is 12.1. The van der Waals surface area contributed by atoms with Crippen molar-refractivity contribution in [3.8, 4) is 0 Å². The first-order valence-electron chi connectivity index (χ1n) is 6.00. The number of anilines is 1. The van der Waals surface area contributed by atoms with Gasteiger partial charge in [-0.25, -0.2) is 0 Å². The summed E-state index contributed by atoms with van der Waals surface area (Å²) in [5.74, 6) is 0.426. The average Bonchev–Trinajstić information content (AvgIpc) is 2.71. The third kappa shape index (κ3) is 2.42. The lowest BCUT2D eigenvalue weighted by Crippen LogP contribution is -2.07. The van der Waals surface area contributed by atoms with E-state index in [2.05, 4.69) is 24.2 Å².